The fourth-order valence-electron chi connectivity index (χ4n) is 2.98. The van der Waals surface area contributed by atoms with Crippen molar-refractivity contribution in [2.24, 2.45) is 0 Å². The lowest BCUT2D eigenvalue weighted by molar-refractivity contribution is -0.150. The minimum absolute atomic E-state index is 0.109. The molecule has 0 saturated heterocycles. The number of hydrogen-bond donors (Lipinski definition) is 0. The minimum atomic E-state index is -1.08. The first-order valence-electron chi connectivity index (χ1n) is 10.5. The van der Waals surface area contributed by atoms with Gasteiger partial charge in [0.2, 0.25) is 6.10 Å². The fraction of sp³-hybridized carbons (Fsp3) is 0.333. The second-order valence-electron chi connectivity index (χ2n) is 6.91. The maximum Gasteiger partial charge on any atom is 0.424 e. The van der Waals surface area contributed by atoms with Gasteiger partial charge in [-0.15, -0.1) is 0 Å². The van der Waals surface area contributed by atoms with Gasteiger partial charge in [-0.3, -0.25) is 0 Å². The van der Waals surface area contributed by atoms with Gasteiger partial charge in [0.05, 0.1) is 21.3 Å². The second kappa shape index (κ2) is 13.9. The largest absolute Gasteiger partial charge is 0.493 e. The van der Waals surface area contributed by atoms with Crippen LogP contribution in [0.5, 0.6) is 23.0 Å². The Bertz CT molecular complexity index is 990. The van der Waals surface area contributed by atoms with E-state index in [1.165, 1.54) is 39.7 Å². The Morgan fingerprint density at radius 2 is 1.31 bits per heavy atom. The third-order valence-electron chi connectivity index (χ3n) is 4.73. The van der Waals surface area contributed by atoms with Crippen LogP contribution in [0.15, 0.2) is 48.5 Å². The van der Waals surface area contributed by atoms with E-state index < -0.39 is 24.3 Å². The van der Waals surface area contributed by atoms with Crippen LogP contribution in [-0.2, 0) is 14.3 Å². The molecule has 0 aliphatic rings. The Morgan fingerprint density at radius 1 is 0.829 bits per heavy atom. The van der Waals surface area contributed by atoms with Crippen LogP contribution in [0.3, 0.4) is 0 Å². The molecule has 0 saturated carbocycles. The Kier molecular flexibility index (Phi) is 10.7. The summed E-state index contributed by atoms with van der Waals surface area (Å²) in [5.74, 6) is 0.128. The molecule has 2 aromatic carbocycles. The number of nitrogens with zero attached hydrogens (tertiary/aromatic N) is 2. The van der Waals surface area contributed by atoms with Crippen LogP contribution in [0.4, 0.5) is 9.59 Å². The van der Waals surface area contributed by atoms with Crippen molar-refractivity contribution in [2.75, 3.05) is 27.9 Å². The van der Waals surface area contributed by atoms with Crippen molar-refractivity contribution in [2.45, 2.75) is 25.4 Å². The van der Waals surface area contributed by atoms with Crippen LogP contribution < -0.4 is 18.9 Å². The maximum atomic E-state index is 12.9. The van der Waals surface area contributed by atoms with E-state index >= 15 is 0 Å². The lowest BCUT2D eigenvalue weighted by Gasteiger charge is -2.21. The van der Waals surface area contributed by atoms with Gasteiger partial charge in [-0.05, 0) is 43.5 Å². The quantitative estimate of drug-likeness (QED) is 0.261. The fourth-order valence-corrected chi connectivity index (χ4v) is 2.98. The number of nitriles is 1. The molecule has 35 heavy (non-hydrogen) atoms. The van der Waals surface area contributed by atoms with E-state index in [1.807, 2.05) is 0 Å². The third-order valence-corrected chi connectivity index (χ3v) is 4.73. The molecule has 0 aliphatic heterocycles. The number of imide groups is 1. The van der Waals surface area contributed by atoms with Crippen LogP contribution in [0.2, 0.25) is 0 Å². The summed E-state index contributed by atoms with van der Waals surface area (Å²) in [5, 5.41) is 8.71. The molecule has 0 radical (unpaired) electrons. The average molecular weight is 486 g/mol. The summed E-state index contributed by atoms with van der Waals surface area (Å²) in [6.45, 7) is -0.109. The predicted octanol–water partition coefficient (Wildman–Crippen LogP) is 3.91. The number of amides is 2. The Hall–Kier alpha value is -4.46. The van der Waals surface area contributed by atoms with Gasteiger partial charge in [0, 0.05) is 6.54 Å². The number of carbonyl (C=O) groups is 3. The molecule has 186 valence electrons. The monoisotopic (exact) mass is 486 g/mol. The number of carbonyl (C=O) groups excluding carboxylic acids is 3. The second-order valence-corrected chi connectivity index (χ2v) is 6.91. The normalized spacial score (nSPS) is 10.8. The topological polar surface area (TPSA) is 134 Å². The molecule has 0 heterocycles. The van der Waals surface area contributed by atoms with Gasteiger partial charge in [0.25, 0.3) is 6.26 Å². The SMILES string of the molecule is COC(=O)C(CCCCN(C(=O)Oc1ccccc1OC)C(=O)Oc1ccccc1OC)OC#N. The summed E-state index contributed by atoms with van der Waals surface area (Å²) in [5.41, 5.74) is 0. The van der Waals surface area contributed by atoms with E-state index in [2.05, 4.69) is 4.74 Å². The molecule has 0 spiro atoms. The van der Waals surface area contributed by atoms with Crippen molar-refractivity contribution < 1.29 is 42.8 Å². The molecular weight excluding hydrogens is 460 g/mol. The molecule has 11 heteroatoms. The highest BCUT2D eigenvalue weighted by atomic mass is 16.6. The highest BCUT2D eigenvalue weighted by Crippen LogP contribution is 2.28. The molecule has 2 rings (SSSR count). The zero-order chi connectivity index (χ0) is 25.6. The first-order valence-corrected chi connectivity index (χ1v) is 10.5. The molecule has 0 aromatic heterocycles. The van der Waals surface area contributed by atoms with E-state index in [4.69, 9.17) is 28.9 Å². The number of benzene rings is 2. The number of rotatable bonds is 11. The predicted molar refractivity (Wildman–Crippen MR) is 121 cm³/mol. The lowest BCUT2D eigenvalue weighted by atomic mass is 10.1. The molecule has 2 aromatic rings. The van der Waals surface area contributed by atoms with Gasteiger partial charge < -0.3 is 28.4 Å². The summed E-state index contributed by atoms with van der Waals surface area (Å²) >= 11 is 0. The van der Waals surface area contributed by atoms with Crippen LogP contribution >= 0.6 is 0 Å². The Balaban J connectivity index is 2.14. The Labute approximate surface area is 202 Å². The van der Waals surface area contributed by atoms with Crippen molar-refractivity contribution in [3.63, 3.8) is 0 Å². The van der Waals surface area contributed by atoms with Crippen LogP contribution in [0.25, 0.3) is 0 Å². The highest BCUT2D eigenvalue weighted by molar-refractivity contribution is 5.90. The summed E-state index contributed by atoms with van der Waals surface area (Å²) in [6, 6.07) is 12.9. The number of hydrogen-bond acceptors (Lipinski definition) is 10. The van der Waals surface area contributed by atoms with E-state index in [9.17, 15) is 14.4 Å². The van der Waals surface area contributed by atoms with Gasteiger partial charge in [-0.25, -0.2) is 19.3 Å². The molecule has 1 atom stereocenters. The summed E-state index contributed by atoms with van der Waals surface area (Å²) in [4.78, 5) is 38.3. The van der Waals surface area contributed by atoms with Crippen LogP contribution in [-0.4, -0.2) is 57.0 Å². The molecule has 0 bridgehead atoms. The van der Waals surface area contributed by atoms with Crippen molar-refractivity contribution in [3.05, 3.63) is 48.5 Å². The number of para-hydroxylation sites is 4. The molecule has 1 unspecified atom stereocenters. The molecule has 0 fully saturated rings. The Morgan fingerprint density at radius 3 is 1.74 bits per heavy atom. The molecule has 0 aliphatic carbocycles. The number of methoxy groups -OCH3 is 3. The van der Waals surface area contributed by atoms with Gasteiger partial charge in [0.1, 0.15) is 0 Å². The maximum absolute atomic E-state index is 12.9. The van der Waals surface area contributed by atoms with Crippen molar-refractivity contribution in [1.82, 2.24) is 4.90 Å². The zero-order valence-corrected chi connectivity index (χ0v) is 19.6. The minimum Gasteiger partial charge on any atom is -0.493 e. The highest BCUT2D eigenvalue weighted by Gasteiger charge is 2.28. The van der Waals surface area contributed by atoms with Gasteiger partial charge in [-0.1, -0.05) is 24.3 Å². The van der Waals surface area contributed by atoms with E-state index in [0.717, 1.165) is 4.90 Å². The standard InChI is InChI=1S/C24H26N2O9/c1-30-17-10-4-6-12-19(17)34-23(28)26(15-9-8-14-21(33-16-25)22(27)32-3)24(29)35-20-13-7-5-11-18(20)31-2/h4-7,10-13,21H,8-9,14-15H2,1-3H3. The first-order chi connectivity index (χ1) is 16.9. The van der Waals surface area contributed by atoms with E-state index in [1.54, 1.807) is 36.4 Å². The van der Waals surface area contributed by atoms with Gasteiger partial charge >= 0.3 is 18.2 Å². The molecular formula is C24H26N2O9. The smallest absolute Gasteiger partial charge is 0.424 e. The number of esters is 1. The summed E-state index contributed by atoms with van der Waals surface area (Å²) in [7, 11) is 4.02. The average Bonchev–Trinajstić information content (AvgIpc) is 2.87. The number of ether oxygens (including phenoxy) is 6. The van der Waals surface area contributed by atoms with Crippen molar-refractivity contribution in [1.29, 1.82) is 5.26 Å². The lowest BCUT2D eigenvalue weighted by Crippen LogP contribution is -2.41. The van der Waals surface area contributed by atoms with Crippen molar-refractivity contribution in [3.8, 4) is 29.3 Å². The van der Waals surface area contributed by atoms with E-state index in [-0.39, 0.29) is 30.9 Å². The molecule has 11 nitrogen and oxygen atoms in total. The van der Waals surface area contributed by atoms with E-state index in [0.29, 0.717) is 17.9 Å². The summed E-state index contributed by atoms with van der Waals surface area (Å²) < 4.78 is 30.4. The van der Waals surface area contributed by atoms with Crippen LogP contribution in [0, 0.1) is 11.5 Å². The third kappa shape index (κ3) is 7.82. The first kappa shape index (κ1) is 26.8. The number of unbranched alkanes of at least 4 members (excludes halogenated alkanes) is 1. The van der Waals surface area contributed by atoms with Gasteiger partial charge in [0.15, 0.2) is 23.0 Å². The van der Waals surface area contributed by atoms with Crippen LogP contribution in [0.1, 0.15) is 19.3 Å². The summed E-state index contributed by atoms with van der Waals surface area (Å²) in [6.07, 6.45) is -0.897. The zero-order valence-electron chi connectivity index (χ0n) is 19.6. The molecule has 2 amide bonds. The van der Waals surface area contributed by atoms with Gasteiger partial charge in [-0.2, -0.15) is 5.26 Å². The molecule has 0 N–H and O–H groups in total. The van der Waals surface area contributed by atoms with Crippen molar-refractivity contribution >= 4 is 18.2 Å².